The first-order valence-corrected chi connectivity index (χ1v) is 8.61. The summed E-state index contributed by atoms with van der Waals surface area (Å²) in [4.78, 5) is 24.2. The summed E-state index contributed by atoms with van der Waals surface area (Å²) in [6.07, 6.45) is 3.06. The number of carbonyl (C=O) groups excluding carboxylic acids is 2. The molecule has 2 N–H and O–H groups in total. The Morgan fingerprint density at radius 1 is 0.960 bits per heavy atom. The Bertz CT molecular complexity index is 735. The maximum absolute atomic E-state index is 12.3. The molecule has 2 amide bonds. The van der Waals surface area contributed by atoms with Crippen LogP contribution in [0.25, 0.3) is 0 Å². The van der Waals surface area contributed by atoms with Gasteiger partial charge in [0.05, 0.1) is 6.61 Å². The van der Waals surface area contributed by atoms with Crippen LogP contribution in [0.4, 0.5) is 5.69 Å². The Hall–Kier alpha value is -2.82. The van der Waals surface area contributed by atoms with Gasteiger partial charge < -0.3 is 15.4 Å². The van der Waals surface area contributed by atoms with Gasteiger partial charge in [0, 0.05) is 22.9 Å². The van der Waals surface area contributed by atoms with E-state index in [1.807, 2.05) is 6.92 Å². The minimum atomic E-state index is -0.197. The van der Waals surface area contributed by atoms with E-state index >= 15 is 0 Å². The molecule has 0 radical (unpaired) electrons. The smallest absolute Gasteiger partial charge is 0.255 e. The van der Waals surface area contributed by atoms with E-state index in [1.54, 1.807) is 48.5 Å². The summed E-state index contributed by atoms with van der Waals surface area (Å²) in [6, 6.07) is 14.3. The van der Waals surface area contributed by atoms with E-state index in [-0.39, 0.29) is 11.8 Å². The number of nitrogens with one attached hydrogen (secondary N) is 2. The molecule has 1 aliphatic rings. The van der Waals surface area contributed by atoms with Crippen LogP contribution in [0.3, 0.4) is 0 Å². The van der Waals surface area contributed by atoms with Gasteiger partial charge in [-0.1, -0.05) is 6.92 Å². The number of benzene rings is 2. The molecule has 25 heavy (non-hydrogen) atoms. The zero-order valence-electron chi connectivity index (χ0n) is 14.2. The lowest BCUT2D eigenvalue weighted by Crippen LogP contribution is -2.25. The number of carbonyl (C=O) groups is 2. The van der Waals surface area contributed by atoms with Gasteiger partial charge in [0.25, 0.3) is 11.8 Å². The molecule has 1 saturated carbocycles. The van der Waals surface area contributed by atoms with Crippen LogP contribution >= 0.6 is 0 Å². The first kappa shape index (κ1) is 17.0. The SMILES string of the molecule is CCCOc1ccc(C(=O)Nc2ccc(C(=O)NC3CC3)cc2)cc1. The molecule has 0 aromatic heterocycles. The number of hydrogen-bond donors (Lipinski definition) is 2. The first-order valence-electron chi connectivity index (χ1n) is 8.61. The quantitative estimate of drug-likeness (QED) is 0.810. The topological polar surface area (TPSA) is 67.4 Å². The van der Waals surface area contributed by atoms with Crippen molar-refractivity contribution in [3.63, 3.8) is 0 Å². The summed E-state index contributed by atoms with van der Waals surface area (Å²) in [5.41, 5.74) is 1.81. The van der Waals surface area contributed by atoms with Crippen molar-refractivity contribution in [2.45, 2.75) is 32.2 Å². The Kier molecular flexibility index (Phi) is 5.33. The first-order chi connectivity index (χ1) is 12.2. The summed E-state index contributed by atoms with van der Waals surface area (Å²) in [6.45, 7) is 2.70. The maximum atomic E-state index is 12.3. The second kappa shape index (κ2) is 7.83. The second-order valence-electron chi connectivity index (χ2n) is 6.15. The van der Waals surface area contributed by atoms with E-state index in [1.165, 1.54) is 0 Å². The number of ether oxygens (including phenoxy) is 1. The van der Waals surface area contributed by atoms with Crippen molar-refractivity contribution in [3.05, 3.63) is 59.7 Å². The maximum Gasteiger partial charge on any atom is 0.255 e. The molecule has 5 heteroatoms. The normalized spacial score (nSPS) is 13.2. The Morgan fingerprint density at radius 2 is 1.56 bits per heavy atom. The lowest BCUT2D eigenvalue weighted by Gasteiger charge is -2.08. The lowest BCUT2D eigenvalue weighted by atomic mass is 10.1. The van der Waals surface area contributed by atoms with E-state index in [0.29, 0.717) is 29.5 Å². The van der Waals surface area contributed by atoms with E-state index < -0.39 is 0 Å². The molecule has 0 saturated heterocycles. The van der Waals surface area contributed by atoms with Gasteiger partial charge in [-0.25, -0.2) is 0 Å². The fraction of sp³-hybridized carbons (Fsp3) is 0.300. The van der Waals surface area contributed by atoms with Crippen LogP contribution in [-0.4, -0.2) is 24.5 Å². The monoisotopic (exact) mass is 338 g/mol. The third-order valence-corrected chi connectivity index (χ3v) is 3.91. The van der Waals surface area contributed by atoms with Crippen LogP contribution in [0.1, 0.15) is 46.9 Å². The van der Waals surface area contributed by atoms with E-state index in [2.05, 4.69) is 10.6 Å². The van der Waals surface area contributed by atoms with Crippen LogP contribution in [0.2, 0.25) is 0 Å². The number of amides is 2. The Labute approximate surface area is 147 Å². The van der Waals surface area contributed by atoms with Crippen molar-refractivity contribution < 1.29 is 14.3 Å². The van der Waals surface area contributed by atoms with Crippen LogP contribution < -0.4 is 15.4 Å². The van der Waals surface area contributed by atoms with Gasteiger partial charge >= 0.3 is 0 Å². The van der Waals surface area contributed by atoms with E-state index in [9.17, 15) is 9.59 Å². The Balaban J connectivity index is 1.57. The number of hydrogen-bond acceptors (Lipinski definition) is 3. The van der Waals surface area contributed by atoms with Crippen LogP contribution in [0.15, 0.2) is 48.5 Å². The van der Waals surface area contributed by atoms with Gasteiger partial charge in [-0.3, -0.25) is 9.59 Å². The molecule has 0 unspecified atom stereocenters. The molecule has 0 atom stereocenters. The molecule has 2 aromatic carbocycles. The molecule has 1 fully saturated rings. The second-order valence-corrected chi connectivity index (χ2v) is 6.15. The number of rotatable bonds is 7. The van der Waals surface area contributed by atoms with Gasteiger partial charge in [-0.2, -0.15) is 0 Å². The summed E-state index contributed by atoms with van der Waals surface area (Å²) < 4.78 is 5.51. The summed E-state index contributed by atoms with van der Waals surface area (Å²) >= 11 is 0. The van der Waals surface area contributed by atoms with Crippen molar-refractivity contribution in [1.82, 2.24) is 5.32 Å². The highest BCUT2D eigenvalue weighted by Crippen LogP contribution is 2.20. The molecule has 2 aromatic rings. The molecule has 0 bridgehead atoms. The standard InChI is InChI=1S/C20H22N2O3/c1-2-13-25-18-11-5-15(6-12-18)20(24)21-16-7-3-14(4-8-16)19(23)22-17-9-10-17/h3-8,11-12,17H,2,9-10,13H2,1H3,(H,21,24)(H,22,23). The Morgan fingerprint density at radius 3 is 2.16 bits per heavy atom. The van der Waals surface area contributed by atoms with Crippen LogP contribution in [0, 0.1) is 0 Å². The molecule has 130 valence electrons. The molecule has 3 rings (SSSR count). The third-order valence-electron chi connectivity index (χ3n) is 3.91. The lowest BCUT2D eigenvalue weighted by molar-refractivity contribution is 0.0950. The fourth-order valence-corrected chi connectivity index (χ4v) is 2.33. The van der Waals surface area contributed by atoms with Crippen molar-refractivity contribution in [2.24, 2.45) is 0 Å². The van der Waals surface area contributed by atoms with Gasteiger partial charge in [0.2, 0.25) is 0 Å². The molecule has 5 nitrogen and oxygen atoms in total. The highest BCUT2D eigenvalue weighted by atomic mass is 16.5. The van der Waals surface area contributed by atoms with Crippen molar-refractivity contribution in [2.75, 3.05) is 11.9 Å². The predicted molar refractivity (Wildman–Crippen MR) is 97.1 cm³/mol. The zero-order valence-corrected chi connectivity index (χ0v) is 14.2. The van der Waals surface area contributed by atoms with Gasteiger partial charge in [-0.05, 0) is 67.8 Å². The van der Waals surface area contributed by atoms with E-state index in [0.717, 1.165) is 25.0 Å². The average molecular weight is 338 g/mol. The van der Waals surface area contributed by atoms with Gasteiger partial charge in [0.15, 0.2) is 0 Å². The van der Waals surface area contributed by atoms with Gasteiger partial charge in [0.1, 0.15) is 5.75 Å². The highest BCUT2D eigenvalue weighted by Gasteiger charge is 2.23. The third kappa shape index (κ3) is 4.83. The molecule has 1 aliphatic carbocycles. The van der Waals surface area contributed by atoms with Crippen molar-refractivity contribution in [1.29, 1.82) is 0 Å². The largest absolute Gasteiger partial charge is 0.494 e. The van der Waals surface area contributed by atoms with Gasteiger partial charge in [-0.15, -0.1) is 0 Å². The molecule has 0 aliphatic heterocycles. The molecular formula is C20H22N2O3. The fourth-order valence-electron chi connectivity index (χ4n) is 2.33. The minimum absolute atomic E-state index is 0.0666. The summed E-state index contributed by atoms with van der Waals surface area (Å²) in [5.74, 6) is 0.490. The predicted octanol–water partition coefficient (Wildman–Crippen LogP) is 3.62. The zero-order chi connectivity index (χ0) is 17.6. The van der Waals surface area contributed by atoms with Crippen molar-refractivity contribution in [3.8, 4) is 5.75 Å². The summed E-state index contributed by atoms with van der Waals surface area (Å²) in [5, 5.41) is 5.77. The molecule has 0 heterocycles. The highest BCUT2D eigenvalue weighted by molar-refractivity contribution is 6.04. The van der Waals surface area contributed by atoms with Crippen molar-refractivity contribution >= 4 is 17.5 Å². The summed E-state index contributed by atoms with van der Waals surface area (Å²) in [7, 11) is 0. The molecule has 0 spiro atoms. The van der Waals surface area contributed by atoms with Crippen LogP contribution in [0.5, 0.6) is 5.75 Å². The van der Waals surface area contributed by atoms with E-state index in [4.69, 9.17) is 4.74 Å². The average Bonchev–Trinajstić information content (AvgIpc) is 3.45. The minimum Gasteiger partial charge on any atom is -0.494 e. The van der Waals surface area contributed by atoms with Crippen LogP contribution in [-0.2, 0) is 0 Å². The number of anilines is 1. The molecular weight excluding hydrogens is 316 g/mol.